The largest absolute Gasteiger partial charge is 0.248 e. The molecule has 2 heteroatoms. The van der Waals surface area contributed by atoms with Gasteiger partial charge in [-0.3, -0.25) is 0 Å². The van der Waals surface area contributed by atoms with Gasteiger partial charge in [0.25, 0.3) is 0 Å². The first-order valence-corrected chi connectivity index (χ1v) is 3.42. The Morgan fingerprint density at radius 1 is 0.900 bits per heavy atom. The standard InChI is InChI=1S/C6H10F2.C2H2/c7-6(8)4-2-1-3-5-6;1-2/h1-5H2;1-2H. The fourth-order valence-electron chi connectivity index (χ4n) is 1.07. The van der Waals surface area contributed by atoms with Crippen molar-refractivity contribution in [1.82, 2.24) is 0 Å². The first kappa shape index (κ1) is 9.42. The zero-order valence-electron chi connectivity index (χ0n) is 5.95. The third kappa shape index (κ3) is 3.45. The minimum absolute atomic E-state index is 0.118. The molecular formula is C8H12F2. The zero-order chi connectivity index (χ0) is 8.04. The molecule has 0 unspecified atom stereocenters. The molecule has 0 aromatic carbocycles. The lowest BCUT2D eigenvalue weighted by molar-refractivity contribution is -0.0337. The Labute approximate surface area is 60.6 Å². The minimum Gasteiger partial charge on any atom is -0.207 e. The normalized spacial score (nSPS) is 22.4. The lowest BCUT2D eigenvalue weighted by Gasteiger charge is -2.20. The maximum Gasteiger partial charge on any atom is 0.248 e. The van der Waals surface area contributed by atoms with Crippen molar-refractivity contribution in [2.45, 2.75) is 38.0 Å². The van der Waals surface area contributed by atoms with E-state index >= 15 is 0 Å². The number of terminal acetylenes is 1. The van der Waals surface area contributed by atoms with Gasteiger partial charge in [-0.1, -0.05) is 6.42 Å². The average molecular weight is 146 g/mol. The third-order valence-electron chi connectivity index (χ3n) is 1.59. The Morgan fingerprint density at radius 2 is 1.30 bits per heavy atom. The second kappa shape index (κ2) is 4.27. The molecule has 0 saturated heterocycles. The molecule has 1 rings (SSSR count). The van der Waals surface area contributed by atoms with Gasteiger partial charge in [-0.2, -0.15) is 0 Å². The summed E-state index contributed by atoms with van der Waals surface area (Å²) in [4.78, 5) is 0. The second-order valence-corrected chi connectivity index (χ2v) is 2.42. The molecule has 0 aliphatic heterocycles. The molecule has 1 aliphatic rings. The topological polar surface area (TPSA) is 0 Å². The van der Waals surface area contributed by atoms with Crippen LogP contribution in [0.1, 0.15) is 32.1 Å². The highest BCUT2D eigenvalue weighted by atomic mass is 19.3. The second-order valence-electron chi connectivity index (χ2n) is 2.42. The van der Waals surface area contributed by atoms with Crippen LogP contribution in [0.15, 0.2) is 0 Å². The van der Waals surface area contributed by atoms with Crippen LogP contribution in [0.4, 0.5) is 8.78 Å². The van der Waals surface area contributed by atoms with Crippen LogP contribution < -0.4 is 0 Å². The highest BCUT2D eigenvalue weighted by molar-refractivity contribution is 4.70. The quantitative estimate of drug-likeness (QED) is 0.461. The van der Waals surface area contributed by atoms with Crippen molar-refractivity contribution in [1.29, 1.82) is 0 Å². The van der Waals surface area contributed by atoms with Crippen LogP contribution in [0.2, 0.25) is 0 Å². The van der Waals surface area contributed by atoms with Gasteiger partial charge in [-0.15, -0.1) is 12.8 Å². The van der Waals surface area contributed by atoms with E-state index in [0.717, 1.165) is 6.42 Å². The van der Waals surface area contributed by atoms with E-state index in [0.29, 0.717) is 12.8 Å². The Balaban J connectivity index is 0.000000371. The van der Waals surface area contributed by atoms with Crippen molar-refractivity contribution in [3.05, 3.63) is 0 Å². The fourth-order valence-corrected chi connectivity index (χ4v) is 1.07. The zero-order valence-corrected chi connectivity index (χ0v) is 5.95. The lowest BCUT2D eigenvalue weighted by atomic mass is 9.97. The molecule has 1 aliphatic carbocycles. The minimum atomic E-state index is -2.32. The Kier molecular flexibility index (Phi) is 4.02. The number of rotatable bonds is 0. The summed E-state index contributed by atoms with van der Waals surface area (Å²) in [7, 11) is 0. The van der Waals surface area contributed by atoms with Crippen molar-refractivity contribution in [3.8, 4) is 12.8 Å². The molecule has 0 heterocycles. The average Bonchev–Trinajstić information content (AvgIpc) is 1.92. The van der Waals surface area contributed by atoms with Gasteiger partial charge < -0.3 is 0 Å². The monoisotopic (exact) mass is 146 g/mol. The van der Waals surface area contributed by atoms with Gasteiger partial charge in [0.2, 0.25) is 5.92 Å². The molecular weight excluding hydrogens is 134 g/mol. The summed E-state index contributed by atoms with van der Waals surface area (Å²) in [6, 6.07) is 0. The van der Waals surface area contributed by atoms with E-state index in [1.165, 1.54) is 0 Å². The highest BCUT2D eigenvalue weighted by Crippen LogP contribution is 2.32. The smallest absolute Gasteiger partial charge is 0.207 e. The van der Waals surface area contributed by atoms with E-state index in [4.69, 9.17) is 0 Å². The molecule has 0 atom stereocenters. The molecule has 0 N–H and O–H groups in total. The molecule has 0 aromatic rings. The Morgan fingerprint density at radius 3 is 1.50 bits per heavy atom. The van der Waals surface area contributed by atoms with Gasteiger partial charge >= 0.3 is 0 Å². The molecule has 0 radical (unpaired) electrons. The lowest BCUT2D eigenvalue weighted by Crippen LogP contribution is -2.18. The van der Waals surface area contributed by atoms with E-state index < -0.39 is 5.92 Å². The van der Waals surface area contributed by atoms with Crippen LogP contribution >= 0.6 is 0 Å². The van der Waals surface area contributed by atoms with Crippen molar-refractivity contribution >= 4 is 0 Å². The molecule has 0 amide bonds. The van der Waals surface area contributed by atoms with Crippen molar-refractivity contribution < 1.29 is 8.78 Å². The summed E-state index contributed by atoms with van der Waals surface area (Å²) in [5.74, 6) is -2.32. The highest BCUT2D eigenvalue weighted by Gasteiger charge is 2.30. The fraction of sp³-hybridized carbons (Fsp3) is 0.750. The van der Waals surface area contributed by atoms with E-state index in [9.17, 15) is 8.78 Å². The number of hydrogen-bond donors (Lipinski definition) is 0. The summed E-state index contributed by atoms with van der Waals surface area (Å²) in [5.41, 5.74) is 0. The van der Waals surface area contributed by atoms with Crippen LogP contribution in [-0.4, -0.2) is 5.92 Å². The number of alkyl halides is 2. The Bertz CT molecular complexity index is 97.1. The number of hydrogen-bond acceptors (Lipinski definition) is 0. The van der Waals surface area contributed by atoms with Crippen molar-refractivity contribution in [3.63, 3.8) is 0 Å². The van der Waals surface area contributed by atoms with Crippen LogP contribution in [0, 0.1) is 12.8 Å². The first-order chi connectivity index (χ1) is 4.71. The molecule has 58 valence electrons. The Hall–Kier alpha value is -0.580. The van der Waals surface area contributed by atoms with Gasteiger partial charge in [0.15, 0.2) is 0 Å². The van der Waals surface area contributed by atoms with Gasteiger partial charge in [0.1, 0.15) is 0 Å². The predicted molar refractivity (Wildman–Crippen MR) is 37.9 cm³/mol. The van der Waals surface area contributed by atoms with E-state index in [1.807, 2.05) is 0 Å². The maximum absolute atomic E-state index is 12.2. The first-order valence-electron chi connectivity index (χ1n) is 3.42. The van der Waals surface area contributed by atoms with Gasteiger partial charge in [-0.25, -0.2) is 8.78 Å². The van der Waals surface area contributed by atoms with Gasteiger partial charge in [-0.05, 0) is 12.8 Å². The molecule has 10 heavy (non-hydrogen) atoms. The predicted octanol–water partition coefficient (Wildman–Crippen LogP) is 2.84. The summed E-state index contributed by atoms with van der Waals surface area (Å²) in [6.45, 7) is 0. The third-order valence-corrected chi connectivity index (χ3v) is 1.59. The van der Waals surface area contributed by atoms with Gasteiger partial charge in [0.05, 0.1) is 0 Å². The molecule has 1 saturated carbocycles. The van der Waals surface area contributed by atoms with Crippen LogP contribution in [0.3, 0.4) is 0 Å². The molecule has 0 bridgehead atoms. The van der Waals surface area contributed by atoms with E-state index in [1.54, 1.807) is 0 Å². The van der Waals surface area contributed by atoms with Gasteiger partial charge in [0, 0.05) is 12.8 Å². The van der Waals surface area contributed by atoms with Crippen LogP contribution in [0.25, 0.3) is 0 Å². The summed E-state index contributed by atoms with van der Waals surface area (Å²) in [5, 5.41) is 0. The maximum atomic E-state index is 12.2. The van der Waals surface area contributed by atoms with Crippen LogP contribution in [0.5, 0.6) is 0 Å². The molecule has 0 nitrogen and oxygen atoms in total. The molecule has 0 spiro atoms. The van der Waals surface area contributed by atoms with Crippen molar-refractivity contribution in [2.24, 2.45) is 0 Å². The molecule has 1 fully saturated rings. The summed E-state index contributed by atoms with van der Waals surface area (Å²) < 4.78 is 24.4. The number of halogens is 2. The van der Waals surface area contributed by atoms with Crippen molar-refractivity contribution in [2.75, 3.05) is 0 Å². The summed E-state index contributed by atoms with van der Waals surface area (Å²) >= 11 is 0. The van der Waals surface area contributed by atoms with E-state index in [-0.39, 0.29) is 12.8 Å². The van der Waals surface area contributed by atoms with E-state index in [2.05, 4.69) is 12.8 Å². The summed E-state index contributed by atoms with van der Waals surface area (Å²) in [6.07, 6.45) is 10.7. The SMILES string of the molecule is C#C.FC1(F)CCCCC1. The molecule has 0 aromatic heterocycles. The van der Waals surface area contributed by atoms with Crippen LogP contribution in [-0.2, 0) is 0 Å².